The molecule has 1 aliphatic rings. The van der Waals surface area contributed by atoms with Gasteiger partial charge >= 0.3 is 0 Å². The van der Waals surface area contributed by atoms with Crippen molar-refractivity contribution in [2.75, 3.05) is 30.3 Å². The number of nitrogens with one attached hydrogen (secondary N) is 1. The molecule has 1 saturated heterocycles. The van der Waals surface area contributed by atoms with E-state index in [0.29, 0.717) is 29.3 Å². The summed E-state index contributed by atoms with van der Waals surface area (Å²) in [4.78, 5) is 14.3. The van der Waals surface area contributed by atoms with Crippen LogP contribution in [0.25, 0.3) is 0 Å². The largest absolute Gasteiger partial charge is 0.416 e. The summed E-state index contributed by atoms with van der Waals surface area (Å²) in [5, 5.41) is 11.0. The van der Waals surface area contributed by atoms with E-state index in [4.69, 9.17) is 4.42 Å². The Balaban J connectivity index is 1.38. The highest BCUT2D eigenvalue weighted by atomic mass is 32.2. The molecule has 23 heavy (non-hydrogen) atoms. The van der Waals surface area contributed by atoms with Crippen molar-refractivity contribution in [2.45, 2.75) is 18.6 Å². The van der Waals surface area contributed by atoms with Crippen molar-refractivity contribution in [2.24, 2.45) is 5.92 Å². The lowest BCUT2D eigenvalue weighted by atomic mass is 10.1. The lowest BCUT2D eigenvalue weighted by Gasteiger charge is -2.18. The van der Waals surface area contributed by atoms with E-state index < -0.39 is 0 Å². The van der Waals surface area contributed by atoms with E-state index in [9.17, 15) is 4.79 Å². The van der Waals surface area contributed by atoms with Crippen molar-refractivity contribution in [1.82, 2.24) is 15.5 Å². The SMILES string of the molecule is Cc1nnc(SCC(=O)NCC2CCN(c3ccccc3)C2)o1. The molecule has 1 amide bonds. The Labute approximate surface area is 139 Å². The van der Waals surface area contributed by atoms with Crippen LogP contribution in [-0.2, 0) is 4.79 Å². The monoisotopic (exact) mass is 332 g/mol. The van der Waals surface area contributed by atoms with Crippen molar-refractivity contribution in [3.63, 3.8) is 0 Å². The zero-order chi connectivity index (χ0) is 16.1. The fourth-order valence-electron chi connectivity index (χ4n) is 2.65. The Kier molecular flexibility index (Phi) is 5.17. The number of nitrogens with zero attached hydrogens (tertiary/aromatic N) is 3. The molecule has 0 bridgehead atoms. The van der Waals surface area contributed by atoms with Crippen LogP contribution >= 0.6 is 11.8 Å². The molecule has 3 rings (SSSR count). The molecule has 0 radical (unpaired) electrons. The minimum Gasteiger partial charge on any atom is -0.416 e. The number of anilines is 1. The number of carbonyl (C=O) groups is 1. The second-order valence-corrected chi connectivity index (χ2v) is 6.54. The molecule has 1 atom stereocenters. The number of aromatic nitrogens is 2. The topological polar surface area (TPSA) is 71.3 Å². The van der Waals surface area contributed by atoms with Gasteiger partial charge in [-0.15, -0.1) is 10.2 Å². The molecule has 2 heterocycles. The Morgan fingerprint density at radius 2 is 2.22 bits per heavy atom. The van der Waals surface area contributed by atoms with Crippen LogP contribution in [-0.4, -0.2) is 41.5 Å². The first kappa shape index (κ1) is 15.9. The van der Waals surface area contributed by atoms with Crippen molar-refractivity contribution in [3.05, 3.63) is 36.2 Å². The number of para-hydroxylation sites is 1. The van der Waals surface area contributed by atoms with Crippen molar-refractivity contribution >= 4 is 23.4 Å². The van der Waals surface area contributed by atoms with E-state index in [0.717, 1.165) is 19.5 Å². The van der Waals surface area contributed by atoms with E-state index in [1.165, 1.54) is 17.4 Å². The molecule has 1 fully saturated rings. The number of carbonyl (C=O) groups excluding carboxylic acids is 1. The second kappa shape index (κ2) is 7.50. The van der Waals surface area contributed by atoms with Crippen LogP contribution in [0.4, 0.5) is 5.69 Å². The quantitative estimate of drug-likeness (QED) is 0.817. The Bertz CT molecular complexity index is 647. The normalized spacial score (nSPS) is 17.4. The average molecular weight is 332 g/mol. The van der Waals surface area contributed by atoms with Gasteiger partial charge in [-0.05, 0) is 24.5 Å². The minimum atomic E-state index is 0.00372. The number of hydrogen-bond acceptors (Lipinski definition) is 6. The van der Waals surface area contributed by atoms with Crippen LogP contribution in [0.3, 0.4) is 0 Å². The van der Waals surface area contributed by atoms with Gasteiger partial charge in [0.25, 0.3) is 5.22 Å². The molecule has 0 spiro atoms. The van der Waals surface area contributed by atoms with Gasteiger partial charge in [0.2, 0.25) is 11.8 Å². The number of benzene rings is 1. The molecule has 1 aromatic heterocycles. The summed E-state index contributed by atoms with van der Waals surface area (Å²) in [6, 6.07) is 10.4. The van der Waals surface area contributed by atoms with Gasteiger partial charge in [-0.3, -0.25) is 4.79 Å². The van der Waals surface area contributed by atoms with Gasteiger partial charge < -0.3 is 14.6 Å². The molecule has 1 aliphatic heterocycles. The van der Waals surface area contributed by atoms with Crippen molar-refractivity contribution in [1.29, 1.82) is 0 Å². The smallest absolute Gasteiger partial charge is 0.277 e. The van der Waals surface area contributed by atoms with Crippen LogP contribution in [0.2, 0.25) is 0 Å². The van der Waals surface area contributed by atoms with Gasteiger partial charge in [-0.25, -0.2) is 0 Å². The first-order chi connectivity index (χ1) is 11.2. The summed E-state index contributed by atoms with van der Waals surface area (Å²) in [6.45, 7) is 4.47. The number of hydrogen-bond donors (Lipinski definition) is 1. The van der Waals surface area contributed by atoms with Crippen LogP contribution < -0.4 is 10.2 Å². The predicted molar refractivity (Wildman–Crippen MR) is 89.5 cm³/mol. The molecular weight excluding hydrogens is 312 g/mol. The first-order valence-corrected chi connectivity index (χ1v) is 8.69. The number of aryl methyl sites for hydroxylation is 1. The molecule has 0 saturated carbocycles. The van der Waals surface area contributed by atoms with Gasteiger partial charge in [-0.2, -0.15) is 0 Å². The fourth-order valence-corrected chi connectivity index (χ4v) is 3.28. The summed E-state index contributed by atoms with van der Waals surface area (Å²) < 4.78 is 5.23. The van der Waals surface area contributed by atoms with Gasteiger partial charge in [0, 0.05) is 32.2 Å². The molecule has 1 N–H and O–H groups in total. The summed E-state index contributed by atoms with van der Waals surface area (Å²) in [6.07, 6.45) is 1.10. The standard InChI is InChI=1S/C16H20N4O2S/c1-12-18-19-16(22-12)23-11-15(21)17-9-13-7-8-20(10-13)14-5-3-2-4-6-14/h2-6,13H,7-11H2,1H3,(H,17,21). The van der Waals surface area contributed by atoms with E-state index >= 15 is 0 Å². The lowest BCUT2D eigenvalue weighted by Crippen LogP contribution is -2.32. The first-order valence-electron chi connectivity index (χ1n) is 7.70. The van der Waals surface area contributed by atoms with Gasteiger partial charge in [0.1, 0.15) is 0 Å². The van der Waals surface area contributed by atoms with Crippen molar-refractivity contribution in [3.8, 4) is 0 Å². The molecular formula is C16H20N4O2S. The van der Waals surface area contributed by atoms with Crippen LogP contribution in [0.15, 0.2) is 40.0 Å². The fraction of sp³-hybridized carbons (Fsp3) is 0.438. The summed E-state index contributed by atoms with van der Waals surface area (Å²) >= 11 is 1.27. The van der Waals surface area contributed by atoms with E-state index in [-0.39, 0.29) is 5.91 Å². The number of amides is 1. The third-order valence-corrected chi connectivity index (χ3v) is 4.65. The number of rotatable bonds is 6. The van der Waals surface area contributed by atoms with Gasteiger partial charge in [0.15, 0.2) is 0 Å². The second-order valence-electron chi connectivity index (χ2n) is 5.62. The predicted octanol–water partition coefficient (Wildman–Crippen LogP) is 2.11. The molecule has 2 aromatic rings. The highest BCUT2D eigenvalue weighted by molar-refractivity contribution is 7.99. The third-order valence-electron chi connectivity index (χ3n) is 3.83. The molecule has 0 aliphatic carbocycles. The minimum absolute atomic E-state index is 0.00372. The highest BCUT2D eigenvalue weighted by Crippen LogP contribution is 2.23. The van der Waals surface area contributed by atoms with Gasteiger partial charge in [0.05, 0.1) is 5.75 Å². The average Bonchev–Trinajstić information content (AvgIpc) is 3.21. The molecule has 7 heteroatoms. The van der Waals surface area contributed by atoms with Gasteiger partial charge in [-0.1, -0.05) is 30.0 Å². The number of thioether (sulfide) groups is 1. The zero-order valence-electron chi connectivity index (χ0n) is 13.1. The molecule has 6 nitrogen and oxygen atoms in total. The molecule has 1 unspecified atom stereocenters. The van der Waals surface area contributed by atoms with E-state index in [2.05, 4.69) is 44.7 Å². The van der Waals surface area contributed by atoms with Crippen LogP contribution in [0.5, 0.6) is 0 Å². The van der Waals surface area contributed by atoms with E-state index in [1.54, 1.807) is 6.92 Å². The molecule has 122 valence electrons. The van der Waals surface area contributed by atoms with Crippen molar-refractivity contribution < 1.29 is 9.21 Å². The molecule has 1 aromatic carbocycles. The Hall–Kier alpha value is -2.02. The summed E-state index contributed by atoms with van der Waals surface area (Å²) in [5.74, 6) is 1.32. The lowest BCUT2D eigenvalue weighted by molar-refractivity contribution is -0.118. The van der Waals surface area contributed by atoms with Crippen LogP contribution in [0, 0.1) is 12.8 Å². The highest BCUT2D eigenvalue weighted by Gasteiger charge is 2.23. The Morgan fingerprint density at radius 1 is 1.39 bits per heavy atom. The summed E-state index contributed by atoms with van der Waals surface area (Å²) in [5.41, 5.74) is 1.25. The Morgan fingerprint density at radius 3 is 2.96 bits per heavy atom. The van der Waals surface area contributed by atoms with Crippen LogP contribution in [0.1, 0.15) is 12.3 Å². The summed E-state index contributed by atoms with van der Waals surface area (Å²) in [7, 11) is 0. The van der Waals surface area contributed by atoms with E-state index in [1.807, 2.05) is 6.07 Å². The third kappa shape index (κ3) is 4.48. The maximum Gasteiger partial charge on any atom is 0.277 e. The zero-order valence-corrected chi connectivity index (χ0v) is 13.9. The maximum atomic E-state index is 11.9. The maximum absolute atomic E-state index is 11.9.